The number of halogens is 3. The van der Waals surface area contributed by atoms with Crippen LogP contribution in [0.3, 0.4) is 0 Å². The van der Waals surface area contributed by atoms with Gasteiger partial charge in [0.05, 0.1) is 6.54 Å². The highest BCUT2D eigenvalue weighted by Crippen LogP contribution is 2.25. The minimum Gasteiger partial charge on any atom is -0.405 e. The summed E-state index contributed by atoms with van der Waals surface area (Å²) >= 11 is 0. The molecule has 112 valence electrons. The fourth-order valence-electron chi connectivity index (χ4n) is 1.43. The summed E-state index contributed by atoms with van der Waals surface area (Å²) in [7, 11) is 0. The highest BCUT2D eigenvalue weighted by Gasteiger charge is 2.31. The van der Waals surface area contributed by atoms with Crippen molar-refractivity contribution in [1.29, 1.82) is 0 Å². The average Bonchev–Trinajstić information content (AvgIpc) is 2.33. The van der Waals surface area contributed by atoms with Gasteiger partial charge in [0.2, 0.25) is 5.91 Å². The third-order valence-electron chi connectivity index (χ3n) is 2.35. The highest BCUT2D eigenvalue weighted by atomic mass is 19.4. The molecule has 1 aromatic rings. The number of hydrogen-bond acceptors (Lipinski definition) is 3. The van der Waals surface area contributed by atoms with E-state index in [0.29, 0.717) is 0 Å². The molecule has 0 aliphatic heterocycles. The lowest BCUT2D eigenvalue weighted by Crippen LogP contribution is -2.36. The van der Waals surface area contributed by atoms with Crippen molar-refractivity contribution in [1.82, 2.24) is 10.6 Å². The molecule has 0 aliphatic carbocycles. The van der Waals surface area contributed by atoms with Gasteiger partial charge in [0.15, 0.2) is 0 Å². The number of rotatable bonds is 6. The van der Waals surface area contributed by atoms with E-state index in [-0.39, 0.29) is 36.4 Å². The summed E-state index contributed by atoms with van der Waals surface area (Å²) in [5, 5.41) is 5.44. The molecule has 0 heterocycles. The molecule has 1 amide bonds. The molecule has 4 nitrogen and oxygen atoms in total. The van der Waals surface area contributed by atoms with E-state index in [1.54, 1.807) is 6.07 Å². The van der Waals surface area contributed by atoms with Gasteiger partial charge in [-0.3, -0.25) is 4.79 Å². The molecule has 20 heavy (non-hydrogen) atoms. The Hall–Kier alpha value is -1.76. The number of amides is 1. The Bertz CT molecular complexity index is 447. The number of alkyl halides is 3. The summed E-state index contributed by atoms with van der Waals surface area (Å²) in [6.45, 7) is 3.87. The van der Waals surface area contributed by atoms with E-state index in [4.69, 9.17) is 0 Å². The van der Waals surface area contributed by atoms with Crippen LogP contribution in [0, 0.1) is 0 Å². The van der Waals surface area contributed by atoms with Crippen molar-refractivity contribution in [2.24, 2.45) is 0 Å². The molecular weight excluding hydrogens is 273 g/mol. The first kappa shape index (κ1) is 16.3. The first-order valence-electron chi connectivity index (χ1n) is 6.11. The normalized spacial score (nSPS) is 11.5. The van der Waals surface area contributed by atoms with Gasteiger partial charge in [0, 0.05) is 18.2 Å². The second-order valence-electron chi connectivity index (χ2n) is 4.47. The van der Waals surface area contributed by atoms with E-state index in [9.17, 15) is 18.0 Å². The number of carbonyl (C=O) groups excluding carboxylic acids is 1. The summed E-state index contributed by atoms with van der Waals surface area (Å²) in [6.07, 6.45) is -4.75. The lowest BCUT2D eigenvalue weighted by Gasteiger charge is -2.14. The van der Waals surface area contributed by atoms with E-state index < -0.39 is 6.36 Å². The van der Waals surface area contributed by atoms with Crippen LogP contribution in [-0.4, -0.2) is 24.9 Å². The molecular formula is C13H17F3N2O2. The van der Waals surface area contributed by atoms with Crippen molar-refractivity contribution < 1.29 is 22.7 Å². The Labute approximate surface area is 115 Å². The predicted octanol–water partition coefficient (Wildman–Crippen LogP) is 2.20. The molecule has 0 atom stereocenters. The van der Waals surface area contributed by atoms with Gasteiger partial charge in [0.25, 0.3) is 0 Å². The van der Waals surface area contributed by atoms with Crippen molar-refractivity contribution in [3.05, 3.63) is 29.8 Å². The quantitative estimate of drug-likeness (QED) is 0.844. The molecule has 0 radical (unpaired) electrons. The zero-order valence-electron chi connectivity index (χ0n) is 11.3. The number of nitrogens with one attached hydrogen (secondary N) is 2. The number of carbonyl (C=O) groups is 1. The van der Waals surface area contributed by atoms with Gasteiger partial charge in [0.1, 0.15) is 5.75 Å². The van der Waals surface area contributed by atoms with Gasteiger partial charge < -0.3 is 15.4 Å². The van der Waals surface area contributed by atoms with E-state index in [0.717, 1.165) is 0 Å². The maximum absolute atomic E-state index is 12.2. The average molecular weight is 290 g/mol. The molecule has 1 rings (SSSR count). The first-order chi connectivity index (χ1) is 9.28. The second-order valence-corrected chi connectivity index (χ2v) is 4.47. The summed E-state index contributed by atoms with van der Waals surface area (Å²) in [5.41, 5.74) is 0.266. The Morgan fingerprint density at radius 2 is 1.95 bits per heavy atom. The standard InChI is InChI=1S/C13H17F3N2O2/c1-9(2)17-8-12(19)18-7-10-5-3-4-6-11(10)20-13(14,15)16/h3-6,9,17H,7-8H2,1-2H3,(H,18,19). The molecule has 1 aromatic carbocycles. The van der Waals surface area contributed by atoms with Gasteiger partial charge in [-0.25, -0.2) is 0 Å². The third-order valence-corrected chi connectivity index (χ3v) is 2.35. The minimum atomic E-state index is -4.75. The fraction of sp³-hybridized carbons (Fsp3) is 0.462. The Kier molecular flexibility index (Phi) is 5.82. The van der Waals surface area contributed by atoms with E-state index in [2.05, 4.69) is 15.4 Å². The molecule has 0 bridgehead atoms. The van der Waals surface area contributed by atoms with Crippen LogP contribution in [0.15, 0.2) is 24.3 Å². The van der Waals surface area contributed by atoms with Gasteiger partial charge in [-0.05, 0) is 6.07 Å². The molecule has 0 aromatic heterocycles. The smallest absolute Gasteiger partial charge is 0.405 e. The maximum Gasteiger partial charge on any atom is 0.573 e. The van der Waals surface area contributed by atoms with E-state index >= 15 is 0 Å². The molecule has 0 aliphatic rings. The zero-order chi connectivity index (χ0) is 15.2. The van der Waals surface area contributed by atoms with Crippen molar-refractivity contribution in [2.75, 3.05) is 6.54 Å². The van der Waals surface area contributed by atoms with Gasteiger partial charge in [-0.2, -0.15) is 0 Å². The van der Waals surface area contributed by atoms with E-state index in [1.807, 2.05) is 13.8 Å². The predicted molar refractivity (Wildman–Crippen MR) is 68.1 cm³/mol. The van der Waals surface area contributed by atoms with Crippen LogP contribution in [0.5, 0.6) is 5.75 Å². The molecule has 0 saturated heterocycles. The third kappa shape index (κ3) is 6.42. The van der Waals surface area contributed by atoms with Crippen LogP contribution in [0.25, 0.3) is 0 Å². The van der Waals surface area contributed by atoms with Crippen LogP contribution < -0.4 is 15.4 Å². The minimum absolute atomic E-state index is 0.0230. The van der Waals surface area contributed by atoms with E-state index in [1.165, 1.54) is 18.2 Å². The van der Waals surface area contributed by atoms with Gasteiger partial charge in [-0.15, -0.1) is 13.2 Å². The monoisotopic (exact) mass is 290 g/mol. The summed E-state index contributed by atoms with van der Waals surface area (Å²) in [4.78, 5) is 11.5. The van der Waals surface area contributed by atoms with Gasteiger partial charge in [-0.1, -0.05) is 32.0 Å². The van der Waals surface area contributed by atoms with Crippen LogP contribution >= 0.6 is 0 Å². The van der Waals surface area contributed by atoms with Crippen LogP contribution in [0.4, 0.5) is 13.2 Å². The van der Waals surface area contributed by atoms with Crippen LogP contribution in [0.1, 0.15) is 19.4 Å². The summed E-state index contributed by atoms with van der Waals surface area (Å²) in [5.74, 6) is -0.599. The zero-order valence-corrected chi connectivity index (χ0v) is 11.3. The topological polar surface area (TPSA) is 50.4 Å². The fourth-order valence-corrected chi connectivity index (χ4v) is 1.43. The first-order valence-corrected chi connectivity index (χ1v) is 6.11. The van der Waals surface area contributed by atoms with Crippen molar-refractivity contribution in [3.8, 4) is 5.75 Å². The lowest BCUT2D eigenvalue weighted by atomic mass is 10.2. The highest BCUT2D eigenvalue weighted by molar-refractivity contribution is 5.78. The van der Waals surface area contributed by atoms with Crippen LogP contribution in [-0.2, 0) is 11.3 Å². The number of benzene rings is 1. The van der Waals surface area contributed by atoms with Crippen molar-refractivity contribution in [3.63, 3.8) is 0 Å². The molecule has 0 saturated carbocycles. The summed E-state index contributed by atoms with van der Waals surface area (Å²) < 4.78 is 40.5. The Balaban J connectivity index is 2.57. The van der Waals surface area contributed by atoms with Crippen molar-refractivity contribution >= 4 is 5.91 Å². The van der Waals surface area contributed by atoms with Crippen LogP contribution in [0.2, 0.25) is 0 Å². The number of hydrogen-bond donors (Lipinski definition) is 2. The Morgan fingerprint density at radius 1 is 1.30 bits per heavy atom. The SMILES string of the molecule is CC(C)NCC(=O)NCc1ccccc1OC(F)(F)F. The Morgan fingerprint density at radius 3 is 2.55 bits per heavy atom. The molecule has 0 unspecified atom stereocenters. The van der Waals surface area contributed by atoms with Crippen molar-refractivity contribution in [2.45, 2.75) is 32.8 Å². The molecule has 0 spiro atoms. The molecule has 2 N–H and O–H groups in total. The molecule has 7 heteroatoms. The number of para-hydroxylation sites is 1. The number of ether oxygens (including phenoxy) is 1. The largest absolute Gasteiger partial charge is 0.573 e. The summed E-state index contributed by atoms with van der Waals surface area (Å²) in [6, 6.07) is 5.85. The maximum atomic E-state index is 12.2. The lowest BCUT2D eigenvalue weighted by molar-refractivity contribution is -0.274. The van der Waals surface area contributed by atoms with Gasteiger partial charge >= 0.3 is 6.36 Å². The second kappa shape index (κ2) is 7.14. The molecule has 0 fully saturated rings.